The fourth-order valence-corrected chi connectivity index (χ4v) is 1.45. The summed E-state index contributed by atoms with van der Waals surface area (Å²) in [5.41, 5.74) is 1.17. The molecule has 1 rings (SSSR count). The van der Waals surface area contributed by atoms with Gasteiger partial charge in [-0.2, -0.15) is 0 Å². The molecule has 0 bridgehead atoms. The monoisotopic (exact) mass is 138 g/mol. The summed E-state index contributed by atoms with van der Waals surface area (Å²) in [5.74, 6) is 0.903. The van der Waals surface area contributed by atoms with Crippen LogP contribution in [0.15, 0.2) is 12.2 Å². The van der Waals surface area contributed by atoms with Gasteiger partial charge in [0.2, 0.25) is 0 Å². The Labute approximate surface area is 62.1 Å². The molecule has 0 aromatic rings. The summed E-state index contributed by atoms with van der Waals surface area (Å²) in [5, 5.41) is 0. The van der Waals surface area contributed by atoms with E-state index < -0.39 is 0 Å². The van der Waals surface area contributed by atoms with Gasteiger partial charge >= 0.3 is 0 Å². The summed E-state index contributed by atoms with van der Waals surface area (Å²) < 4.78 is 0. The highest BCUT2D eigenvalue weighted by atomic mass is 16.1. The Bertz CT molecular complexity index is 156. The fourth-order valence-electron chi connectivity index (χ4n) is 1.45. The van der Waals surface area contributed by atoms with Crippen molar-refractivity contribution in [3.8, 4) is 0 Å². The number of allylic oxidation sites excluding steroid dienone is 1. The van der Waals surface area contributed by atoms with Gasteiger partial charge in [-0.1, -0.05) is 12.2 Å². The van der Waals surface area contributed by atoms with Gasteiger partial charge in [0.05, 0.1) is 0 Å². The predicted octanol–water partition coefficient (Wildman–Crippen LogP) is 2.32. The van der Waals surface area contributed by atoms with E-state index in [9.17, 15) is 4.79 Å². The zero-order valence-electron chi connectivity index (χ0n) is 6.52. The van der Waals surface area contributed by atoms with E-state index in [1.807, 2.05) is 6.92 Å². The van der Waals surface area contributed by atoms with Crippen LogP contribution in [0, 0.1) is 5.92 Å². The summed E-state index contributed by atoms with van der Waals surface area (Å²) in [4.78, 5) is 10.9. The summed E-state index contributed by atoms with van der Waals surface area (Å²) in [6, 6.07) is 0. The van der Waals surface area contributed by atoms with Gasteiger partial charge in [0, 0.05) is 12.8 Å². The van der Waals surface area contributed by atoms with Crippen LogP contribution in [-0.4, -0.2) is 5.78 Å². The molecule has 0 amide bonds. The van der Waals surface area contributed by atoms with Gasteiger partial charge in [-0.3, -0.25) is 4.79 Å². The SMILES string of the molecule is C=C(C)C1CCCC(=O)C1. The maximum absolute atomic E-state index is 10.9. The van der Waals surface area contributed by atoms with Crippen LogP contribution >= 0.6 is 0 Å². The molecule has 1 atom stereocenters. The highest BCUT2D eigenvalue weighted by molar-refractivity contribution is 5.79. The van der Waals surface area contributed by atoms with Crippen LogP contribution in [0.25, 0.3) is 0 Å². The molecule has 1 nitrogen and oxygen atoms in total. The Balaban J connectivity index is 2.47. The molecule has 0 radical (unpaired) electrons. The lowest BCUT2D eigenvalue weighted by Crippen LogP contribution is -2.15. The minimum absolute atomic E-state index is 0.416. The molecular formula is C9H14O. The molecule has 1 unspecified atom stereocenters. The Morgan fingerprint density at radius 2 is 2.40 bits per heavy atom. The van der Waals surface area contributed by atoms with Gasteiger partial charge < -0.3 is 0 Å². The Morgan fingerprint density at radius 1 is 1.70 bits per heavy atom. The Hall–Kier alpha value is -0.590. The van der Waals surface area contributed by atoms with Gasteiger partial charge in [0.15, 0.2) is 0 Å². The normalized spacial score (nSPS) is 26.5. The van der Waals surface area contributed by atoms with Crippen LogP contribution in [0.1, 0.15) is 32.6 Å². The fraction of sp³-hybridized carbons (Fsp3) is 0.667. The quantitative estimate of drug-likeness (QED) is 0.508. The smallest absolute Gasteiger partial charge is 0.133 e. The molecule has 0 aliphatic heterocycles. The van der Waals surface area contributed by atoms with Crippen molar-refractivity contribution in [3.05, 3.63) is 12.2 Å². The van der Waals surface area contributed by atoms with Crippen LogP contribution < -0.4 is 0 Å². The van der Waals surface area contributed by atoms with E-state index in [0.29, 0.717) is 11.7 Å². The van der Waals surface area contributed by atoms with E-state index >= 15 is 0 Å². The van der Waals surface area contributed by atoms with Crippen molar-refractivity contribution >= 4 is 5.78 Å². The average molecular weight is 138 g/mol. The zero-order valence-corrected chi connectivity index (χ0v) is 6.52. The second-order valence-corrected chi connectivity index (χ2v) is 3.18. The molecule has 0 aromatic heterocycles. The summed E-state index contributed by atoms with van der Waals surface area (Å²) in [6.45, 7) is 5.88. The predicted molar refractivity (Wildman–Crippen MR) is 41.8 cm³/mol. The zero-order chi connectivity index (χ0) is 7.56. The molecule has 1 heteroatoms. The number of carbonyl (C=O) groups excluding carboxylic acids is 1. The van der Waals surface area contributed by atoms with Crippen molar-refractivity contribution < 1.29 is 4.79 Å². The molecular weight excluding hydrogens is 124 g/mol. The minimum atomic E-state index is 0.416. The third-order valence-electron chi connectivity index (χ3n) is 2.18. The first-order valence-electron chi connectivity index (χ1n) is 3.87. The second-order valence-electron chi connectivity index (χ2n) is 3.18. The third-order valence-corrected chi connectivity index (χ3v) is 2.18. The van der Waals surface area contributed by atoms with Crippen molar-refractivity contribution in [1.29, 1.82) is 0 Å². The van der Waals surface area contributed by atoms with Crippen LogP contribution in [0.4, 0.5) is 0 Å². The summed E-state index contributed by atoms with van der Waals surface area (Å²) >= 11 is 0. The van der Waals surface area contributed by atoms with Crippen molar-refractivity contribution in [2.75, 3.05) is 0 Å². The average Bonchev–Trinajstić information content (AvgIpc) is 1.88. The molecule has 0 saturated heterocycles. The second kappa shape index (κ2) is 3.00. The number of carbonyl (C=O) groups is 1. The standard InChI is InChI=1S/C9H14O/c1-7(2)8-4-3-5-9(10)6-8/h8H,1,3-6H2,2H3. The van der Waals surface area contributed by atoms with Crippen LogP contribution in [0.2, 0.25) is 0 Å². The van der Waals surface area contributed by atoms with Crippen LogP contribution in [-0.2, 0) is 4.79 Å². The number of Topliss-reactive ketones (excluding diaryl/α,β-unsaturated/α-hetero) is 1. The first kappa shape index (κ1) is 7.52. The maximum atomic E-state index is 10.9. The number of hydrogen-bond acceptors (Lipinski definition) is 1. The van der Waals surface area contributed by atoms with Crippen molar-refractivity contribution in [3.63, 3.8) is 0 Å². The van der Waals surface area contributed by atoms with E-state index in [1.54, 1.807) is 0 Å². The molecule has 0 heterocycles. The highest BCUT2D eigenvalue weighted by Gasteiger charge is 2.19. The molecule has 1 saturated carbocycles. The molecule has 56 valence electrons. The molecule has 0 spiro atoms. The van der Waals surface area contributed by atoms with Crippen molar-refractivity contribution in [1.82, 2.24) is 0 Å². The van der Waals surface area contributed by atoms with Gasteiger partial charge in [0.1, 0.15) is 5.78 Å². The van der Waals surface area contributed by atoms with Gasteiger partial charge in [-0.05, 0) is 25.7 Å². The Kier molecular flexibility index (Phi) is 2.25. The minimum Gasteiger partial charge on any atom is -0.300 e. The number of hydrogen-bond donors (Lipinski definition) is 0. The van der Waals surface area contributed by atoms with E-state index in [2.05, 4.69) is 6.58 Å². The molecule has 1 aliphatic carbocycles. The molecule has 0 aromatic carbocycles. The lowest BCUT2D eigenvalue weighted by Gasteiger charge is -2.20. The molecule has 10 heavy (non-hydrogen) atoms. The topological polar surface area (TPSA) is 17.1 Å². The largest absolute Gasteiger partial charge is 0.300 e. The van der Waals surface area contributed by atoms with Crippen molar-refractivity contribution in [2.45, 2.75) is 32.6 Å². The number of rotatable bonds is 1. The van der Waals surface area contributed by atoms with Crippen LogP contribution in [0.3, 0.4) is 0 Å². The summed E-state index contributed by atoms with van der Waals surface area (Å²) in [6.07, 6.45) is 3.77. The summed E-state index contributed by atoms with van der Waals surface area (Å²) in [7, 11) is 0. The van der Waals surface area contributed by atoms with Crippen molar-refractivity contribution in [2.24, 2.45) is 5.92 Å². The van der Waals surface area contributed by atoms with Gasteiger partial charge in [0.25, 0.3) is 0 Å². The van der Waals surface area contributed by atoms with Gasteiger partial charge in [-0.25, -0.2) is 0 Å². The molecule has 1 aliphatic rings. The van der Waals surface area contributed by atoms with E-state index in [-0.39, 0.29) is 0 Å². The molecule has 0 N–H and O–H groups in total. The van der Waals surface area contributed by atoms with Gasteiger partial charge in [-0.15, -0.1) is 0 Å². The Morgan fingerprint density at radius 3 is 2.80 bits per heavy atom. The van der Waals surface area contributed by atoms with E-state index in [1.165, 1.54) is 12.0 Å². The highest BCUT2D eigenvalue weighted by Crippen LogP contribution is 2.26. The first-order chi connectivity index (χ1) is 4.70. The lowest BCUT2D eigenvalue weighted by atomic mass is 9.84. The maximum Gasteiger partial charge on any atom is 0.133 e. The van der Waals surface area contributed by atoms with E-state index in [0.717, 1.165) is 19.3 Å². The first-order valence-corrected chi connectivity index (χ1v) is 3.87. The molecule has 1 fully saturated rings. The van der Waals surface area contributed by atoms with E-state index in [4.69, 9.17) is 0 Å². The van der Waals surface area contributed by atoms with Crippen LogP contribution in [0.5, 0.6) is 0 Å². The lowest BCUT2D eigenvalue weighted by molar-refractivity contribution is -0.121. The number of ketones is 1. The third kappa shape index (κ3) is 1.69.